The number of thiophene rings is 1. The highest BCUT2D eigenvalue weighted by Gasteiger charge is 2.02. The summed E-state index contributed by atoms with van der Waals surface area (Å²) in [5.41, 5.74) is 5.34. The molecule has 0 radical (unpaired) electrons. The summed E-state index contributed by atoms with van der Waals surface area (Å²) in [7, 11) is 0. The van der Waals surface area contributed by atoms with Gasteiger partial charge in [-0.1, -0.05) is 6.07 Å². The molecule has 1 rings (SSSR count). The zero-order chi connectivity index (χ0) is 9.52. The summed E-state index contributed by atoms with van der Waals surface area (Å²) in [6, 6.07) is 4.20. The largest absolute Gasteiger partial charge is 0.393 e. The van der Waals surface area contributed by atoms with Crippen LogP contribution in [0.3, 0.4) is 0 Å². The van der Waals surface area contributed by atoms with Crippen LogP contribution in [0.25, 0.3) is 0 Å². The summed E-state index contributed by atoms with van der Waals surface area (Å²) < 4.78 is 0. The summed E-state index contributed by atoms with van der Waals surface area (Å²) in [6.07, 6.45) is 3.53. The van der Waals surface area contributed by atoms with Crippen molar-refractivity contribution >= 4 is 11.3 Å². The van der Waals surface area contributed by atoms with Crippen molar-refractivity contribution in [3.8, 4) is 0 Å². The van der Waals surface area contributed by atoms with Crippen molar-refractivity contribution in [2.45, 2.75) is 31.8 Å². The van der Waals surface area contributed by atoms with E-state index >= 15 is 0 Å². The van der Waals surface area contributed by atoms with Gasteiger partial charge in [-0.3, -0.25) is 0 Å². The molecule has 3 N–H and O–H groups in total. The van der Waals surface area contributed by atoms with E-state index in [2.05, 4.69) is 17.5 Å². The number of rotatable bonds is 6. The first-order valence-electron chi connectivity index (χ1n) is 4.73. The van der Waals surface area contributed by atoms with Gasteiger partial charge in [-0.05, 0) is 43.7 Å². The summed E-state index contributed by atoms with van der Waals surface area (Å²) >= 11 is 1.78. The Labute approximate surface area is 83.4 Å². The van der Waals surface area contributed by atoms with Crippen LogP contribution in [0, 0.1) is 0 Å². The second kappa shape index (κ2) is 6.13. The second-order valence-corrected chi connectivity index (χ2v) is 4.24. The lowest BCUT2D eigenvalue weighted by molar-refractivity contribution is 0.155. The van der Waals surface area contributed by atoms with E-state index in [-0.39, 0.29) is 6.10 Å². The van der Waals surface area contributed by atoms with E-state index in [1.165, 1.54) is 4.88 Å². The minimum Gasteiger partial charge on any atom is -0.393 e. The molecule has 0 aliphatic heterocycles. The Morgan fingerprint density at radius 1 is 1.46 bits per heavy atom. The highest BCUT2D eigenvalue weighted by Crippen LogP contribution is 2.13. The lowest BCUT2D eigenvalue weighted by Crippen LogP contribution is -2.13. The molecule has 0 aliphatic rings. The predicted octanol–water partition coefficient (Wildman–Crippen LogP) is 1.78. The maximum Gasteiger partial charge on any atom is 0.0552 e. The molecule has 0 fully saturated rings. The standard InChI is InChI=1S/C10H17NOS/c11-7-6-9(12)3-1-4-10-5-2-8-13-10/h2,5,8-9,12H,1,3-4,6-7,11H2. The smallest absolute Gasteiger partial charge is 0.0552 e. The normalized spacial score (nSPS) is 13.1. The van der Waals surface area contributed by atoms with Gasteiger partial charge in [0.1, 0.15) is 0 Å². The third kappa shape index (κ3) is 4.41. The fraction of sp³-hybridized carbons (Fsp3) is 0.600. The van der Waals surface area contributed by atoms with Crippen LogP contribution in [-0.2, 0) is 6.42 Å². The highest BCUT2D eigenvalue weighted by molar-refractivity contribution is 7.09. The summed E-state index contributed by atoms with van der Waals surface area (Å²) in [6.45, 7) is 0.584. The zero-order valence-electron chi connectivity index (χ0n) is 7.78. The Morgan fingerprint density at radius 2 is 2.31 bits per heavy atom. The second-order valence-electron chi connectivity index (χ2n) is 3.20. The molecule has 0 amide bonds. The quantitative estimate of drug-likeness (QED) is 0.733. The third-order valence-electron chi connectivity index (χ3n) is 2.04. The molecule has 1 unspecified atom stereocenters. The number of aryl methyl sites for hydroxylation is 1. The van der Waals surface area contributed by atoms with Crippen LogP contribution in [0.1, 0.15) is 24.1 Å². The minimum absolute atomic E-state index is 0.204. The lowest BCUT2D eigenvalue weighted by Gasteiger charge is -2.07. The monoisotopic (exact) mass is 199 g/mol. The molecule has 0 aliphatic carbocycles. The number of hydrogen-bond donors (Lipinski definition) is 2. The molecular weight excluding hydrogens is 182 g/mol. The zero-order valence-corrected chi connectivity index (χ0v) is 8.59. The maximum absolute atomic E-state index is 9.40. The van der Waals surface area contributed by atoms with E-state index in [1.807, 2.05) is 0 Å². The first-order valence-corrected chi connectivity index (χ1v) is 5.61. The molecule has 0 saturated carbocycles. The number of nitrogens with two attached hydrogens (primary N) is 1. The Hall–Kier alpha value is -0.380. The highest BCUT2D eigenvalue weighted by atomic mass is 32.1. The fourth-order valence-electron chi connectivity index (χ4n) is 1.30. The van der Waals surface area contributed by atoms with Crippen molar-refractivity contribution in [1.29, 1.82) is 0 Å². The molecule has 1 aromatic rings. The minimum atomic E-state index is -0.204. The topological polar surface area (TPSA) is 46.2 Å². The van der Waals surface area contributed by atoms with Crippen LogP contribution in [0.4, 0.5) is 0 Å². The molecule has 13 heavy (non-hydrogen) atoms. The summed E-state index contributed by atoms with van der Waals surface area (Å²) in [5.74, 6) is 0. The Balaban J connectivity index is 2.07. The van der Waals surface area contributed by atoms with Gasteiger partial charge < -0.3 is 10.8 Å². The Morgan fingerprint density at radius 3 is 2.92 bits per heavy atom. The van der Waals surface area contributed by atoms with Gasteiger partial charge in [0.25, 0.3) is 0 Å². The summed E-state index contributed by atoms with van der Waals surface area (Å²) in [5, 5.41) is 11.5. The van der Waals surface area contributed by atoms with E-state index in [9.17, 15) is 5.11 Å². The maximum atomic E-state index is 9.40. The third-order valence-corrected chi connectivity index (χ3v) is 2.98. The van der Waals surface area contributed by atoms with E-state index in [0.29, 0.717) is 6.54 Å². The molecule has 3 heteroatoms. The van der Waals surface area contributed by atoms with Crippen LogP contribution >= 0.6 is 11.3 Å². The van der Waals surface area contributed by atoms with Crippen molar-refractivity contribution in [3.05, 3.63) is 22.4 Å². The Kier molecular flexibility index (Phi) is 5.05. The molecule has 1 heterocycles. The molecule has 74 valence electrons. The average molecular weight is 199 g/mol. The molecule has 0 bridgehead atoms. The number of aliphatic hydroxyl groups excluding tert-OH is 1. The van der Waals surface area contributed by atoms with E-state index in [1.54, 1.807) is 11.3 Å². The molecule has 0 saturated heterocycles. The van der Waals surface area contributed by atoms with E-state index in [0.717, 1.165) is 25.7 Å². The van der Waals surface area contributed by atoms with Crippen molar-refractivity contribution < 1.29 is 5.11 Å². The number of aliphatic hydroxyl groups is 1. The first kappa shape index (κ1) is 10.7. The van der Waals surface area contributed by atoms with Gasteiger partial charge in [-0.2, -0.15) is 0 Å². The van der Waals surface area contributed by atoms with Gasteiger partial charge in [0.15, 0.2) is 0 Å². The molecule has 1 atom stereocenters. The van der Waals surface area contributed by atoms with Gasteiger partial charge >= 0.3 is 0 Å². The van der Waals surface area contributed by atoms with Gasteiger partial charge in [-0.15, -0.1) is 11.3 Å². The van der Waals surface area contributed by atoms with Gasteiger partial charge in [0.05, 0.1) is 6.10 Å². The summed E-state index contributed by atoms with van der Waals surface area (Å²) in [4.78, 5) is 1.40. The van der Waals surface area contributed by atoms with Crippen molar-refractivity contribution in [3.63, 3.8) is 0 Å². The fourth-order valence-corrected chi connectivity index (χ4v) is 2.05. The van der Waals surface area contributed by atoms with E-state index < -0.39 is 0 Å². The van der Waals surface area contributed by atoms with Crippen LogP contribution in [0.5, 0.6) is 0 Å². The number of hydrogen-bond acceptors (Lipinski definition) is 3. The molecule has 0 spiro atoms. The molecule has 2 nitrogen and oxygen atoms in total. The molecular formula is C10H17NOS. The average Bonchev–Trinajstić information content (AvgIpc) is 2.57. The first-order chi connectivity index (χ1) is 6.33. The van der Waals surface area contributed by atoms with Crippen molar-refractivity contribution in [1.82, 2.24) is 0 Å². The van der Waals surface area contributed by atoms with Crippen LogP contribution < -0.4 is 5.73 Å². The lowest BCUT2D eigenvalue weighted by atomic mass is 10.1. The van der Waals surface area contributed by atoms with Crippen LogP contribution in [0.15, 0.2) is 17.5 Å². The molecule has 0 aromatic carbocycles. The van der Waals surface area contributed by atoms with Crippen molar-refractivity contribution in [2.24, 2.45) is 5.73 Å². The van der Waals surface area contributed by atoms with Crippen LogP contribution in [0.2, 0.25) is 0 Å². The molecule has 1 aromatic heterocycles. The van der Waals surface area contributed by atoms with E-state index in [4.69, 9.17) is 5.73 Å². The van der Waals surface area contributed by atoms with Crippen molar-refractivity contribution in [2.75, 3.05) is 6.54 Å². The SMILES string of the molecule is NCCC(O)CCCc1cccs1. The Bertz CT molecular complexity index is 211. The predicted molar refractivity (Wildman–Crippen MR) is 56.9 cm³/mol. The van der Waals surface area contributed by atoms with Gasteiger partial charge in [0.2, 0.25) is 0 Å². The van der Waals surface area contributed by atoms with Gasteiger partial charge in [-0.25, -0.2) is 0 Å². The van der Waals surface area contributed by atoms with Crippen LogP contribution in [-0.4, -0.2) is 17.8 Å². The van der Waals surface area contributed by atoms with Gasteiger partial charge in [0, 0.05) is 4.88 Å².